The Morgan fingerprint density at radius 2 is 1.63 bits per heavy atom. The standard InChI is InChI=1S/C32H29BrClN5O2/c1-19(37-29-14-8-22(16-28(29)35)31(40)39-24-11-9-23(33)10-12-24)38-30-15-20(7-13-27(30)34)18-36-32(41)26-17-25(26)21-5-3-2-4-6-21/h2-16,25-26,37-38H,1,17-18,35H2,(H,36,41)(H,39,40)/t25-,26+/m0/s1. The Balaban J connectivity index is 1.15. The van der Waals surface area contributed by atoms with E-state index in [0.29, 0.717) is 45.7 Å². The molecule has 4 aromatic carbocycles. The molecule has 0 bridgehead atoms. The topological polar surface area (TPSA) is 108 Å². The number of carbonyl (C=O) groups is 2. The first-order valence-electron chi connectivity index (χ1n) is 13.1. The first-order valence-corrected chi connectivity index (χ1v) is 14.2. The zero-order valence-corrected chi connectivity index (χ0v) is 24.4. The lowest BCUT2D eigenvalue weighted by molar-refractivity contribution is -0.122. The van der Waals surface area contributed by atoms with Gasteiger partial charge in [-0.2, -0.15) is 0 Å². The van der Waals surface area contributed by atoms with E-state index in [9.17, 15) is 9.59 Å². The third kappa shape index (κ3) is 7.28. The van der Waals surface area contributed by atoms with Crippen LogP contribution in [0.2, 0.25) is 5.02 Å². The van der Waals surface area contributed by atoms with Crippen LogP contribution in [0.4, 0.5) is 22.7 Å². The second-order valence-electron chi connectivity index (χ2n) is 9.88. The third-order valence-corrected chi connectivity index (χ3v) is 7.70. The Kier molecular flexibility index (Phi) is 8.61. The number of hydrogen-bond donors (Lipinski definition) is 5. The normalized spacial score (nSPS) is 15.5. The number of hydrogen-bond acceptors (Lipinski definition) is 5. The van der Waals surface area contributed by atoms with Crippen molar-refractivity contribution in [3.8, 4) is 0 Å². The van der Waals surface area contributed by atoms with Crippen molar-refractivity contribution >= 4 is 62.1 Å². The monoisotopic (exact) mass is 629 g/mol. The van der Waals surface area contributed by atoms with Gasteiger partial charge < -0.3 is 27.0 Å². The van der Waals surface area contributed by atoms with Crippen LogP contribution in [0.15, 0.2) is 108 Å². The number of anilines is 4. The Bertz CT molecular complexity index is 1590. The van der Waals surface area contributed by atoms with Gasteiger partial charge in [-0.1, -0.05) is 70.5 Å². The molecule has 4 aromatic rings. The smallest absolute Gasteiger partial charge is 0.255 e. The van der Waals surface area contributed by atoms with E-state index in [1.807, 2.05) is 42.5 Å². The zero-order chi connectivity index (χ0) is 28.9. The van der Waals surface area contributed by atoms with E-state index in [-0.39, 0.29) is 23.7 Å². The second-order valence-corrected chi connectivity index (χ2v) is 11.2. The molecular formula is C32H29BrClN5O2. The molecule has 7 nitrogen and oxygen atoms in total. The largest absolute Gasteiger partial charge is 0.397 e. The fraction of sp³-hybridized carbons (Fsp3) is 0.125. The van der Waals surface area contributed by atoms with Crippen molar-refractivity contribution in [3.05, 3.63) is 130 Å². The van der Waals surface area contributed by atoms with Gasteiger partial charge in [0.25, 0.3) is 5.91 Å². The summed E-state index contributed by atoms with van der Waals surface area (Å²) in [5.41, 5.74) is 11.0. The molecular weight excluding hydrogens is 602 g/mol. The van der Waals surface area contributed by atoms with Gasteiger partial charge in [0, 0.05) is 28.2 Å². The van der Waals surface area contributed by atoms with E-state index in [1.165, 1.54) is 5.56 Å². The Labute approximate surface area is 252 Å². The van der Waals surface area contributed by atoms with Crippen LogP contribution in [0.25, 0.3) is 0 Å². The molecule has 208 valence electrons. The number of nitrogens with two attached hydrogens (primary N) is 1. The highest BCUT2D eigenvalue weighted by molar-refractivity contribution is 9.10. The average Bonchev–Trinajstić information content (AvgIpc) is 3.77. The van der Waals surface area contributed by atoms with Crippen molar-refractivity contribution in [2.45, 2.75) is 18.9 Å². The molecule has 5 rings (SSSR count). The molecule has 0 unspecified atom stereocenters. The summed E-state index contributed by atoms with van der Waals surface area (Å²) in [7, 11) is 0. The summed E-state index contributed by atoms with van der Waals surface area (Å²) in [6.45, 7) is 4.42. The molecule has 0 radical (unpaired) electrons. The average molecular weight is 631 g/mol. The van der Waals surface area contributed by atoms with Gasteiger partial charge in [0.2, 0.25) is 5.91 Å². The summed E-state index contributed by atoms with van der Waals surface area (Å²) in [6, 6.07) is 27.9. The molecule has 1 aliphatic rings. The van der Waals surface area contributed by atoms with E-state index >= 15 is 0 Å². The van der Waals surface area contributed by atoms with E-state index in [2.05, 4.69) is 55.9 Å². The SMILES string of the molecule is C=C(Nc1ccc(C(=O)Nc2ccc(Br)cc2)cc1N)Nc1cc(CNC(=O)[C@@H]2C[C@H]2c2ccccc2)ccc1Cl. The van der Waals surface area contributed by atoms with Gasteiger partial charge >= 0.3 is 0 Å². The molecule has 0 saturated heterocycles. The van der Waals surface area contributed by atoms with E-state index < -0.39 is 0 Å². The van der Waals surface area contributed by atoms with E-state index in [4.69, 9.17) is 17.3 Å². The highest BCUT2D eigenvalue weighted by Crippen LogP contribution is 2.47. The quantitative estimate of drug-likeness (QED) is 0.118. The molecule has 0 aliphatic heterocycles. The number of rotatable bonds is 10. The van der Waals surface area contributed by atoms with Gasteiger partial charge in [0.05, 0.1) is 22.1 Å². The number of nitrogen functional groups attached to an aromatic ring is 1. The van der Waals surface area contributed by atoms with Crippen molar-refractivity contribution in [1.82, 2.24) is 5.32 Å². The number of benzene rings is 4. The van der Waals surface area contributed by atoms with Gasteiger partial charge in [-0.3, -0.25) is 9.59 Å². The fourth-order valence-electron chi connectivity index (χ4n) is 4.56. The van der Waals surface area contributed by atoms with Gasteiger partial charge in [-0.15, -0.1) is 0 Å². The lowest BCUT2D eigenvalue weighted by Crippen LogP contribution is -2.25. The van der Waals surface area contributed by atoms with Crippen LogP contribution in [-0.4, -0.2) is 11.8 Å². The van der Waals surface area contributed by atoms with E-state index in [1.54, 1.807) is 36.4 Å². The van der Waals surface area contributed by atoms with Gasteiger partial charge in [-0.05, 0) is 78.1 Å². The summed E-state index contributed by atoms with van der Waals surface area (Å²) < 4.78 is 0.926. The molecule has 2 amide bonds. The first-order chi connectivity index (χ1) is 19.8. The molecule has 2 atom stereocenters. The van der Waals surface area contributed by atoms with Crippen LogP contribution >= 0.6 is 27.5 Å². The minimum Gasteiger partial charge on any atom is -0.397 e. The van der Waals surface area contributed by atoms with Crippen molar-refractivity contribution in [2.75, 3.05) is 21.7 Å². The highest BCUT2D eigenvalue weighted by Gasteiger charge is 2.43. The second kappa shape index (κ2) is 12.5. The lowest BCUT2D eigenvalue weighted by Gasteiger charge is -2.16. The first kappa shape index (κ1) is 28.3. The van der Waals surface area contributed by atoms with Gasteiger partial charge in [0.1, 0.15) is 5.82 Å². The fourth-order valence-corrected chi connectivity index (χ4v) is 4.99. The molecule has 0 aromatic heterocycles. The molecule has 1 fully saturated rings. The predicted octanol–water partition coefficient (Wildman–Crippen LogP) is 7.35. The highest BCUT2D eigenvalue weighted by atomic mass is 79.9. The molecule has 41 heavy (non-hydrogen) atoms. The third-order valence-electron chi connectivity index (χ3n) is 6.84. The van der Waals surface area contributed by atoms with E-state index in [0.717, 1.165) is 16.5 Å². The summed E-state index contributed by atoms with van der Waals surface area (Å²) in [5, 5.41) is 12.7. The van der Waals surface area contributed by atoms with Crippen molar-refractivity contribution in [2.24, 2.45) is 5.92 Å². The minimum atomic E-state index is -0.268. The molecule has 0 heterocycles. The summed E-state index contributed by atoms with van der Waals surface area (Å²) in [4.78, 5) is 25.3. The van der Waals surface area contributed by atoms with Crippen LogP contribution in [0.3, 0.4) is 0 Å². The van der Waals surface area contributed by atoms with Crippen LogP contribution < -0.4 is 27.0 Å². The lowest BCUT2D eigenvalue weighted by atomic mass is 10.1. The summed E-state index contributed by atoms with van der Waals surface area (Å²) in [6.07, 6.45) is 0.870. The van der Waals surface area contributed by atoms with Crippen LogP contribution in [0.5, 0.6) is 0 Å². The van der Waals surface area contributed by atoms with Crippen molar-refractivity contribution < 1.29 is 9.59 Å². The molecule has 1 aliphatic carbocycles. The van der Waals surface area contributed by atoms with Crippen molar-refractivity contribution in [1.29, 1.82) is 0 Å². The zero-order valence-electron chi connectivity index (χ0n) is 22.1. The summed E-state index contributed by atoms with van der Waals surface area (Å²) >= 11 is 9.80. The van der Waals surface area contributed by atoms with Crippen LogP contribution in [0, 0.1) is 5.92 Å². The van der Waals surface area contributed by atoms with Gasteiger partial charge in [-0.25, -0.2) is 0 Å². The number of carbonyl (C=O) groups excluding carboxylic acids is 2. The van der Waals surface area contributed by atoms with Crippen LogP contribution in [-0.2, 0) is 11.3 Å². The minimum absolute atomic E-state index is 0.00923. The predicted molar refractivity (Wildman–Crippen MR) is 170 cm³/mol. The van der Waals surface area contributed by atoms with Crippen molar-refractivity contribution in [3.63, 3.8) is 0 Å². The van der Waals surface area contributed by atoms with Crippen LogP contribution in [0.1, 0.15) is 33.8 Å². The number of amides is 2. The molecule has 1 saturated carbocycles. The van der Waals surface area contributed by atoms with Gasteiger partial charge in [0.15, 0.2) is 0 Å². The molecule has 0 spiro atoms. The maximum absolute atomic E-state index is 12.7. The molecule has 6 N–H and O–H groups in total. The number of nitrogens with one attached hydrogen (secondary N) is 4. The Morgan fingerprint density at radius 3 is 2.37 bits per heavy atom. The molecule has 9 heteroatoms. The Hall–Kier alpha value is -4.27. The maximum atomic E-state index is 12.7. The number of halogens is 2. The maximum Gasteiger partial charge on any atom is 0.255 e. The summed E-state index contributed by atoms with van der Waals surface area (Å²) in [5.74, 6) is 0.523. The Morgan fingerprint density at radius 1 is 0.902 bits per heavy atom.